The fraction of sp³-hybridized carbons (Fsp3) is 0.810. The first-order valence-corrected chi connectivity index (χ1v) is 9.36. The van der Waals surface area contributed by atoms with Gasteiger partial charge in [0.15, 0.2) is 0 Å². The molecule has 0 aromatic heterocycles. The highest BCUT2D eigenvalue weighted by Gasteiger charge is 2.38. The van der Waals surface area contributed by atoms with Gasteiger partial charge in [-0.25, -0.2) is 0 Å². The first-order valence-electron chi connectivity index (χ1n) is 9.36. The summed E-state index contributed by atoms with van der Waals surface area (Å²) < 4.78 is 0. The molecule has 1 saturated carbocycles. The molecule has 0 nitrogen and oxygen atoms in total. The lowest BCUT2D eigenvalue weighted by Crippen LogP contribution is -1.95. The van der Waals surface area contributed by atoms with Crippen LogP contribution in [0.5, 0.6) is 0 Å². The molecule has 0 amide bonds. The molecule has 1 aliphatic carbocycles. The van der Waals surface area contributed by atoms with E-state index in [9.17, 15) is 0 Å². The molecule has 1 fully saturated rings. The van der Waals surface area contributed by atoms with Gasteiger partial charge in [-0.15, -0.1) is 0 Å². The zero-order valence-electron chi connectivity index (χ0n) is 15.2. The SMILES string of the molecule is CC=CC(C)C1CC1CC=C(C)CCCCC(C)CCC. The van der Waals surface area contributed by atoms with E-state index in [0.717, 1.165) is 23.7 Å². The van der Waals surface area contributed by atoms with Crippen LogP contribution in [0.25, 0.3) is 0 Å². The van der Waals surface area contributed by atoms with E-state index in [1.165, 1.54) is 51.4 Å². The van der Waals surface area contributed by atoms with Crippen LogP contribution < -0.4 is 0 Å². The van der Waals surface area contributed by atoms with Crippen molar-refractivity contribution >= 4 is 0 Å². The largest absolute Gasteiger partial charge is 0.0914 e. The molecular formula is C21H38. The maximum atomic E-state index is 2.53. The summed E-state index contributed by atoms with van der Waals surface area (Å²) in [6.45, 7) is 11.6. The Morgan fingerprint density at radius 2 is 1.95 bits per heavy atom. The third-order valence-electron chi connectivity index (χ3n) is 5.22. The van der Waals surface area contributed by atoms with E-state index in [4.69, 9.17) is 0 Å². The van der Waals surface area contributed by atoms with Gasteiger partial charge in [-0.1, -0.05) is 70.3 Å². The van der Waals surface area contributed by atoms with E-state index in [2.05, 4.69) is 52.8 Å². The van der Waals surface area contributed by atoms with Crippen molar-refractivity contribution in [2.75, 3.05) is 0 Å². The van der Waals surface area contributed by atoms with Crippen molar-refractivity contribution in [2.24, 2.45) is 23.7 Å². The summed E-state index contributed by atoms with van der Waals surface area (Å²) in [6, 6.07) is 0. The summed E-state index contributed by atoms with van der Waals surface area (Å²) in [5.41, 5.74) is 1.63. The molecule has 0 spiro atoms. The molecule has 122 valence electrons. The smallest absolute Gasteiger partial charge is 0.0231 e. The third kappa shape index (κ3) is 7.88. The lowest BCUT2D eigenvalue weighted by Gasteiger charge is -2.09. The molecule has 21 heavy (non-hydrogen) atoms. The first kappa shape index (κ1) is 18.5. The van der Waals surface area contributed by atoms with Gasteiger partial charge >= 0.3 is 0 Å². The van der Waals surface area contributed by atoms with Gasteiger partial charge in [0.05, 0.1) is 0 Å². The summed E-state index contributed by atoms with van der Waals surface area (Å²) in [4.78, 5) is 0. The van der Waals surface area contributed by atoms with Crippen LogP contribution in [0.2, 0.25) is 0 Å². The van der Waals surface area contributed by atoms with Crippen molar-refractivity contribution in [3.63, 3.8) is 0 Å². The molecule has 0 aromatic rings. The second-order valence-electron chi connectivity index (χ2n) is 7.47. The highest BCUT2D eigenvalue weighted by atomic mass is 14.4. The second-order valence-corrected chi connectivity index (χ2v) is 7.47. The molecule has 1 aliphatic rings. The van der Waals surface area contributed by atoms with E-state index in [1.54, 1.807) is 5.57 Å². The average Bonchev–Trinajstić information content (AvgIpc) is 3.22. The van der Waals surface area contributed by atoms with Gasteiger partial charge < -0.3 is 0 Å². The molecular weight excluding hydrogens is 252 g/mol. The van der Waals surface area contributed by atoms with Gasteiger partial charge in [-0.3, -0.25) is 0 Å². The fourth-order valence-electron chi connectivity index (χ4n) is 3.62. The van der Waals surface area contributed by atoms with Crippen molar-refractivity contribution < 1.29 is 0 Å². The number of unbranched alkanes of at least 4 members (excludes halogenated alkanes) is 1. The average molecular weight is 291 g/mol. The Morgan fingerprint density at radius 3 is 2.62 bits per heavy atom. The Balaban J connectivity index is 2.09. The highest BCUT2D eigenvalue weighted by molar-refractivity contribution is 5.05. The predicted octanol–water partition coefficient (Wildman–Crippen LogP) is 7.17. The van der Waals surface area contributed by atoms with E-state index in [-0.39, 0.29) is 0 Å². The van der Waals surface area contributed by atoms with Crippen LogP contribution >= 0.6 is 0 Å². The summed E-state index contributed by atoms with van der Waals surface area (Å²) in [7, 11) is 0. The number of hydrogen-bond acceptors (Lipinski definition) is 0. The Hall–Kier alpha value is -0.520. The van der Waals surface area contributed by atoms with E-state index in [0.29, 0.717) is 0 Å². The molecule has 4 unspecified atom stereocenters. The van der Waals surface area contributed by atoms with Crippen molar-refractivity contribution in [2.45, 2.75) is 86.0 Å². The van der Waals surface area contributed by atoms with Crippen LogP contribution in [0.3, 0.4) is 0 Å². The minimum Gasteiger partial charge on any atom is -0.0914 e. The Kier molecular flexibility index (Phi) is 9.04. The molecule has 0 N–H and O–H groups in total. The van der Waals surface area contributed by atoms with Gasteiger partial charge in [0.25, 0.3) is 0 Å². The van der Waals surface area contributed by atoms with Crippen LogP contribution in [0, 0.1) is 23.7 Å². The third-order valence-corrected chi connectivity index (χ3v) is 5.22. The maximum Gasteiger partial charge on any atom is -0.0231 e. The molecule has 1 rings (SSSR count). The summed E-state index contributed by atoms with van der Waals surface area (Å²) >= 11 is 0. The highest BCUT2D eigenvalue weighted by Crippen LogP contribution is 2.47. The van der Waals surface area contributed by atoms with E-state index >= 15 is 0 Å². The Bertz CT molecular complexity index is 323. The molecule has 0 bridgehead atoms. The lowest BCUT2D eigenvalue weighted by atomic mass is 9.97. The molecule has 0 radical (unpaired) electrons. The number of hydrogen-bond donors (Lipinski definition) is 0. The molecule has 0 heterocycles. The normalized spacial score (nSPS) is 25.3. The van der Waals surface area contributed by atoms with Gasteiger partial charge in [0, 0.05) is 0 Å². The van der Waals surface area contributed by atoms with E-state index in [1.807, 2.05) is 0 Å². The molecule has 4 atom stereocenters. The van der Waals surface area contributed by atoms with Crippen LogP contribution in [0.15, 0.2) is 23.8 Å². The molecule has 0 saturated heterocycles. The van der Waals surface area contributed by atoms with Gasteiger partial charge in [-0.2, -0.15) is 0 Å². The lowest BCUT2D eigenvalue weighted by molar-refractivity contribution is 0.460. The van der Waals surface area contributed by atoms with Crippen molar-refractivity contribution in [1.82, 2.24) is 0 Å². The van der Waals surface area contributed by atoms with Crippen molar-refractivity contribution in [3.8, 4) is 0 Å². The van der Waals surface area contributed by atoms with E-state index < -0.39 is 0 Å². The minimum atomic E-state index is 0.786. The predicted molar refractivity (Wildman–Crippen MR) is 96.5 cm³/mol. The zero-order valence-corrected chi connectivity index (χ0v) is 15.2. The number of allylic oxidation sites excluding steroid dienone is 4. The standard InChI is InChI=1S/C21H38/c1-6-10-17(3)12-8-9-13-18(4)14-15-20-16-21(20)19(5)11-7-2/h7,11,14,17,19-21H,6,8-10,12-13,15-16H2,1-5H3. The monoisotopic (exact) mass is 290 g/mol. The van der Waals surface area contributed by atoms with Gasteiger partial charge in [-0.05, 0) is 63.2 Å². The molecule has 0 aliphatic heterocycles. The number of rotatable bonds is 11. The Morgan fingerprint density at radius 1 is 1.19 bits per heavy atom. The summed E-state index contributed by atoms with van der Waals surface area (Å²) in [6.07, 6.45) is 18.2. The van der Waals surface area contributed by atoms with Crippen LogP contribution in [0.4, 0.5) is 0 Å². The second kappa shape index (κ2) is 10.2. The topological polar surface area (TPSA) is 0 Å². The van der Waals surface area contributed by atoms with Crippen molar-refractivity contribution in [1.29, 1.82) is 0 Å². The quantitative estimate of drug-likeness (QED) is 0.279. The molecule has 0 heteroatoms. The van der Waals surface area contributed by atoms with Crippen molar-refractivity contribution in [3.05, 3.63) is 23.8 Å². The summed E-state index contributed by atoms with van der Waals surface area (Å²) in [5.74, 6) is 3.64. The van der Waals surface area contributed by atoms with Gasteiger partial charge in [0.1, 0.15) is 0 Å². The van der Waals surface area contributed by atoms with Crippen LogP contribution in [-0.2, 0) is 0 Å². The first-order chi connectivity index (χ1) is 10.1. The summed E-state index contributed by atoms with van der Waals surface area (Å²) in [5, 5.41) is 0. The van der Waals surface area contributed by atoms with Gasteiger partial charge in [0.2, 0.25) is 0 Å². The minimum absolute atomic E-state index is 0.786. The molecule has 0 aromatic carbocycles. The Labute approximate surface area is 134 Å². The fourth-order valence-corrected chi connectivity index (χ4v) is 3.62. The zero-order chi connectivity index (χ0) is 15.7. The van der Waals surface area contributed by atoms with Crippen LogP contribution in [0.1, 0.15) is 86.0 Å². The van der Waals surface area contributed by atoms with Crippen LogP contribution in [-0.4, -0.2) is 0 Å². The maximum absolute atomic E-state index is 2.53.